The Bertz CT molecular complexity index is 844. The van der Waals surface area contributed by atoms with Crippen molar-refractivity contribution < 1.29 is 14.0 Å². The summed E-state index contributed by atoms with van der Waals surface area (Å²) < 4.78 is 5.77. The van der Waals surface area contributed by atoms with Crippen LogP contribution < -0.4 is 0 Å². The number of likely N-dealkylation sites (N-methyl/N-ethyl adjacent to an activating group) is 1. The fourth-order valence-electron chi connectivity index (χ4n) is 2.35. The molecule has 0 bridgehead atoms. The molecule has 0 unspecified atom stereocenters. The second kappa shape index (κ2) is 7.47. The van der Waals surface area contributed by atoms with Gasteiger partial charge in [0.15, 0.2) is 0 Å². The molecule has 1 aromatic carbocycles. The maximum atomic E-state index is 12.4. The summed E-state index contributed by atoms with van der Waals surface area (Å²) in [5.41, 5.74) is 0.853. The lowest BCUT2D eigenvalue weighted by Crippen LogP contribution is -2.34. The molecule has 2 heterocycles. The highest BCUT2D eigenvalue weighted by atomic mass is 35.5. The third-order valence-electron chi connectivity index (χ3n) is 3.65. The zero-order valence-electron chi connectivity index (χ0n) is 13.9. The van der Waals surface area contributed by atoms with Crippen LogP contribution in [-0.2, 0) is 4.79 Å². The van der Waals surface area contributed by atoms with E-state index >= 15 is 0 Å². The number of benzene rings is 1. The number of imide groups is 1. The summed E-state index contributed by atoms with van der Waals surface area (Å²) in [6, 6.07) is 10.9. The summed E-state index contributed by atoms with van der Waals surface area (Å²) in [6.07, 6.45) is 1.61. The molecule has 1 aromatic heterocycles. The van der Waals surface area contributed by atoms with Crippen LogP contribution in [0, 0.1) is 0 Å². The second-order valence-electron chi connectivity index (χ2n) is 5.85. The number of thioether (sulfide) groups is 1. The van der Waals surface area contributed by atoms with Gasteiger partial charge in [-0.05, 0) is 50.1 Å². The molecule has 2 amide bonds. The molecule has 0 N–H and O–H groups in total. The van der Waals surface area contributed by atoms with Crippen LogP contribution in [0.4, 0.5) is 4.79 Å². The zero-order valence-corrected chi connectivity index (χ0v) is 15.4. The SMILES string of the molecule is CN(C)CCN1C(=O)S/C(=C\c2ccc(-c3cccc(Cl)c3)o2)C1=O. The Hall–Kier alpha value is -2.02. The van der Waals surface area contributed by atoms with E-state index in [1.807, 2.05) is 37.2 Å². The number of furan rings is 1. The van der Waals surface area contributed by atoms with Crippen LogP contribution in [0.1, 0.15) is 5.76 Å². The van der Waals surface area contributed by atoms with Crippen LogP contribution in [0.5, 0.6) is 0 Å². The van der Waals surface area contributed by atoms with Crippen molar-refractivity contribution in [3.05, 3.63) is 52.1 Å². The predicted molar refractivity (Wildman–Crippen MR) is 100 cm³/mol. The lowest BCUT2D eigenvalue weighted by atomic mass is 10.2. The van der Waals surface area contributed by atoms with Crippen molar-refractivity contribution in [1.29, 1.82) is 0 Å². The Labute approximate surface area is 155 Å². The van der Waals surface area contributed by atoms with Gasteiger partial charge in [-0.15, -0.1) is 0 Å². The molecule has 0 saturated carbocycles. The highest BCUT2D eigenvalue weighted by molar-refractivity contribution is 8.18. The summed E-state index contributed by atoms with van der Waals surface area (Å²) in [4.78, 5) is 28.0. The summed E-state index contributed by atoms with van der Waals surface area (Å²) in [6.45, 7) is 1.01. The predicted octanol–water partition coefficient (Wildman–Crippen LogP) is 4.20. The van der Waals surface area contributed by atoms with E-state index in [1.165, 1.54) is 4.90 Å². The monoisotopic (exact) mass is 376 g/mol. The summed E-state index contributed by atoms with van der Waals surface area (Å²) in [5, 5.41) is 0.372. The van der Waals surface area contributed by atoms with Gasteiger partial charge in [-0.3, -0.25) is 14.5 Å². The fraction of sp³-hybridized carbons (Fsp3) is 0.222. The number of hydrogen-bond donors (Lipinski definition) is 0. The molecule has 1 fully saturated rings. The van der Waals surface area contributed by atoms with Gasteiger partial charge in [0.25, 0.3) is 11.1 Å². The molecular weight excluding hydrogens is 360 g/mol. The summed E-state index contributed by atoms with van der Waals surface area (Å²) in [5.74, 6) is 0.895. The third kappa shape index (κ3) is 4.15. The van der Waals surface area contributed by atoms with Gasteiger partial charge in [-0.2, -0.15) is 0 Å². The fourth-order valence-corrected chi connectivity index (χ4v) is 3.38. The number of nitrogens with zero attached hydrogens (tertiary/aromatic N) is 2. The van der Waals surface area contributed by atoms with Gasteiger partial charge in [0.1, 0.15) is 11.5 Å². The second-order valence-corrected chi connectivity index (χ2v) is 7.28. The van der Waals surface area contributed by atoms with Gasteiger partial charge >= 0.3 is 0 Å². The Morgan fingerprint density at radius 3 is 2.76 bits per heavy atom. The topological polar surface area (TPSA) is 53.8 Å². The number of carbonyl (C=O) groups excluding carboxylic acids is 2. The van der Waals surface area contributed by atoms with E-state index in [0.29, 0.717) is 34.5 Å². The summed E-state index contributed by atoms with van der Waals surface area (Å²) in [7, 11) is 3.80. The normalized spacial score (nSPS) is 16.5. The maximum Gasteiger partial charge on any atom is 0.293 e. The molecule has 25 heavy (non-hydrogen) atoms. The Morgan fingerprint density at radius 2 is 2.04 bits per heavy atom. The molecule has 0 atom stereocenters. The van der Waals surface area contributed by atoms with Crippen LogP contribution in [0.2, 0.25) is 5.02 Å². The van der Waals surface area contributed by atoms with Gasteiger partial charge in [-0.1, -0.05) is 23.7 Å². The molecule has 1 saturated heterocycles. The van der Waals surface area contributed by atoms with Gasteiger partial charge in [0.05, 0.1) is 4.91 Å². The lowest BCUT2D eigenvalue weighted by molar-refractivity contribution is -0.122. The van der Waals surface area contributed by atoms with Crippen LogP contribution in [0.3, 0.4) is 0 Å². The van der Waals surface area contributed by atoms with Gasteiger partial charge in [-0.25, -0.2) is 0 Å². The Balaban J connectivity index is 1.78. The molecule has 2 aromatic rings. The van der Waals surface area contributed by atoms with E-state index in [0.717, 1.165) is 17.3 Å². The van der Waals surface area contributed by atoms with E-state index in [-0.39, 0.29) is 11.1 Å². The molecule has 130 valence electrons. The van der Waals surface area contributed by atoms with Crippen molar-refractivity contribution in [2.24, 2.45) is 0 Å². The quantitative estimate of drug-likeness (QED) is 0.732. The average Bonchev–Trinajstić information content (AvgIpc) is 3.12. The molecule has 5 nitrogen and oxygen atoms in total. The Kier molecular flexibility index (Phi) is 5.32. The standard InChI is InChI=1S/C18H17ClN2O3S/c1-20(2)8-9-21-17(22)16(25-18(21)23)11-14-6-7-15(24-14)12-4-3-5-13(19)10-12/h3-7,10-11H,8-9H2,1-2H3/b16-11-. The average molecular weight is 377 g/mol. The minimum Gasteiger partial charge on any atom is -0.457 e. The smallest absolute Gasteiger partial charge is 0.293 e. The first-order valence-corrected chi connectivity index (χ1v) is 8.89. The van der Waals surface area contributed by atoms with E-state index in [9.17, 15) is 9.59 Å². The molecule has 0 aliphatic carbocycles. The number of rotatable bonds is 5. The number of hydrogen-bond acceptors (Lipinski definition) is 5. The molecule has 3 rings (SSSR count). The first-order chi connectivity index (χ1) is 11.9. The zero-order chi connectivity index (χ0) is 18.0. The number of halogens is 1. The number of carbonyl (C=O) groups is 2. The third-order valence-corrected chi connectivity index (χ3v) is 4.80. The van der Waals surface area contributed by atoms with E-state index in [4.69, 9.17) is 16.0 Å². The van der Waals surface area contributed by atoms with Crippen molar-refractivity contribution >= 4 is 40.6 Å². The van der Waals surface area contributed by atoms with Gasteiger partial charge in [0, 0.05) is 29.8 Å². The number of amides is 2. The van der Waals surface area contributed by atoms with Crippen molar-refractivity contribution in [1.82, 2.24) is 9.80 Å². The lowest BCUT2D eigenvalue weighted by Gasteiger charge is -2.15. The van der Waals surface area contributed by atoms with Gasteiger partial charge in [0.2, 0.25) is 0 Å². The van der Waals surface area contributed by atoms with E-state index < -0.39 is 0 Å². The molecule has 1 aliphatic heterocycles. The van der Waals surface area contributed by atoms with Crippen molar-refractivity contribution in [3.8, 4) is 11.3 Å². The van der Waals surface area contributed by atoms with Crippen LogP contribution >= 0.6 is 23.4 Å². The van der Waals surface area contributed by atoms with Crippen LogP contribution in [0.15, 0.2) is 45.7 Å². The minimum absolute atomic E-state index is 0.250. The van der Waals surface area contributed by atoms with Crippen molar-refractivity contribution in [2.45, 2.75) is 0 Å². The summed E-state index contributed by atoms with van der Waals surface area (Å²) >= 11 is 6.93. The van der Waals surface area contributed by atoms with E-state index in [1.54, 1.807) is 24.3 Å². The minimum atomic E-state index is -0.280. The molecule has 0 radical (unpaired) electrons. The largest absolute Gasteiger partial charge is 0.457 e. The van der Waals surface area contributed by atoms with Crippen LogP contribution in [-0.4, -0.2) is 48.1 Å². The first-order valence-electron chi connectivity index (χ1n) is 7.70. The first kappa shape index (κ1) is 17.8. The maximum absolute atomic E-state index is 12.4. The molecule has 0 spiro atoms. The van der Waals surface area contributed by atoms with Crippen molar-refractivity contribution in [2.75, 3.05) is 27.2 Å². The van der Waals surface area contributed by atoms with Crippen LogP contribution in [0.25, 0.3) is 17.4 Å². The van der Waals surface area contributed by atoms with Gasteiger partial charge < -0.3 is 9.32 Å². The molecule has 1 aliphatic rings. The molecular formula is C18H17ClN2O3S. The highest BCUT2D eigenvalue weighted by Crippen LogP contribution is 2.33. The molecule has 7 heteroatoms. The van der Waals surface area contributed by atoms with E-state index in [2.05, 4.69) is 0 Å². The Morgan fingerprint density at radius 1 is 1.24 bits per heavy atom. The van der Waals surface area contributed by atoms with Crippen molar-refractivity contribution in [3.63, 3.8) is 0 Å². The highest BCUT2D eigenvalue weighted by Gasteiger charge is 2.34.